The van der Waals surface area contributed by atoms with Gasteiger partial charge in [0.05, 0.1) is 5.75 Å². The lowest BCUT2D eigenvalue weighted by molar-refractivity contribution is -0.118. The second-order valence-corrected chi connectivity index (χ2v) is 6.04. The molecule has 1 fully saturated rings. The van der Waals surface area contributed by atoms with Crippen LogP contribution in [0.15, 0.2) is 0 Å². The van der Waals surface area contributed by atoms with Gasteiger partial charge < -0.3 is 10.6 Å². The van der Waals surface area contributed by atoms with Crippen molar-refractivity contribution in [2.45, 2.75) is 13.3 Å². The van der Waals surface area contributed by atoms with Gasteiger partial charge in [-0.25, -0.2) is 8.42 Å². The summed E-state index contributed by atoms with van der Waals surface area (Å²) in [7, 11) is -3.22. The Balaban J connectivity index is 2.30. The summed E-state index contributed by atoms with van der Waals surface area (Å²) >= 11 is 0. The van der Waals surface area contributed by atoms with Crippen molar-refractivity contribution in [2.75, 3.05) is 31.1 Å². The van der Waals surface area contributed by atoms with Gasteiger partial charge in [-0.05, 0) is 12.3 Å². The number of amides is 1. The molecule has 1 saturated heterocycles. The number of hydrogen-bond acceptors (Lipinski definition) is 4. The van der Waals surface area contributed by atoms with Gasteiger partial charge in [-0.1, -0.05) is 6.92 Å². The monoisotopic (exact) mass is 234 g/mol. The molecule has 0 aromatic heterocycles. The zero-order valence-electron chi connectivity index (χ0n) is 8.95. The van der Waals surface area contributed by atoms with Gasteiger partial charge >= 0.3 is 0 Å². The molecule has 0 bridgehead atoms. The van der Waals surface area contributed by atoms with E-state index in [1.807, 2.05) is 6.92 Å². The average molecular weight is 234 g/mol. The first-order valence-electron chi connectivity index (χ1n) is 5.21. The highest BCUT2D eigenvalue weighted by molar-refractivity contribution is 7.92. The Morgan fingerprint density at radius 1 is 1.47 bits per heavy atom. The topological polar surface area (TPSA) is 75.3 Å². The van der Waals surface area contributed by atoms with Gasteiger partial charge in [0.25, 0.3) is 0 Å². The molecule has 0 radical (unpaired) electrons. The van der Waals surface area contributed by atoms with Crippen LogP contribution in [-0.2, 0) is 14.6 Å². The Bertz CT molecular complexity index is 309. The van der Waals surface area contributed by atoms with E-state index in [1.54, 1.807) is 0 Å². The van der Waals surface area contributed by atoms with Crippen LogP contribution in [0.2, 0.25) is 0 Å². The number of nitrogens with one attached hydrogen (secondary N) is 2. The van der Waals surface area contributed by atoms with E-state index in [-0.39, 0.29) is 23.3 Å². The molecule has 0 aromatic carbocycles. The van der Waals surface area contributed by atoms with Crippen molar-refractivity contribution in [3.8, 4) is 0 Å². The summed E-state index contributed by atoms with van der Waals surface area (Å²) in [5, 5.41) is 5.57. The molecular weight excluding hydrogens is 216 g/mol. The third-order valence-electron chi connectivity index (χ3n) is 2.28. The molecule has 0 aromatic rings. The molecule has 0 spiro atoms. The first kappa shape index (κ1) is 12.4. The molecule has 1 aliphatic heterocycles. The lowest BCUT2D eigenvalue weighted by Crippen LogP contribution is -2.46. The van der Waals surface area contributed by atoms with Crippen molar-refractivity contribution in [3.63, 3.8) is 0 Å². The molecule has 1 heterocycles. The van der Waals surface area contributed by atoms with E-state index in [0.29, 0.717) is 6.54 Å². The van der Waals surface area contributed by atoms with Gasteiger partial charge in [0.1, 0.15) is 5.75 Å². The Kier molecular flexibility index (Phi) is 4.53. The molecular formula is C9H18N2O3S. The van der Waals surface area contributed by atoms with Crippen LogP contribution in [0, 0.1) is 5.92 Å². The van der Waals surface area contributed by atoms with E-state index < -0.39 is 9.84 Å². The summed E-state index contributed by atoms with van der Waals surface area (Å²) in [5.41, 5.74) is 0. The highest BCUT2D eigenvalue weighted by Gasteiger charge is 2.25. The Morgan fingerprint density at radius 3 is 2.60 bits per heavy atom. The van der Waals surface area contributed by atoms with Crippen molar-refractivity contribution in [1.29, 1.82) is 0 Å². The van der Waals surface area contributed by atoms with Gasteiger partial charge in [0, 0.05) is 19.6 Å². The molecule has 88 valence electrons. The van der Waals surface area contributed by atoms with Gasteiger partial charge in [-0.2, -0.15) is 0 Å². The summed E-state index contributed by atoms with van der Waals surface area (Å²) in [6.07, 6.45) is 0.818. The largest absolute Gasteiger partial charge is 0.355 e. The van der Waals surface area contributed by atoms with Crippen LogP contribution in [0.1, 0.15) is 13.3 Å². The summed E-state index contributed by atoms with van der Waals surface area (Å²) < 4.78 is 23.0. The Labute approximate surface area is 90.5 Å². The lowest BCUT2D eigenvalue weighted by Gasteiger charge is -2.26. The molecule has 2 N–H and O–H groups in total. The third-order valence-corrected chi connectivity index (χ3v) is 3.96. The average Bonchev–Trinajstić information content (AvgIpc) is 2.08. The zero-order chi connectivity index (χ0) is 11.3. The van der Waals surface area contributed by atoms with Crippen LogP contribution in [0.25, 0.3) is 0 Å². The minimum atomic E-state index is -3.22. The van der Waals surface area contributed by atoms with Gasteiger partial charge in [0.15, 0.2) is 9.84 Å². The predicted octanol–water partition coefficient (Wildman–Crippen LogP) is -0.853. The first-order valence-corrected chi connectivity index (χ1v) is 7.03. The number of hydrogen-bond donors (Lipinski definition) is 2. The predicted molar refractivity (Wildman–Crippen MR) is 58.3 cm³/mol. The second kappa shape index (κ2) is 5.46. The summed E-state index contributed by atoms with van der Waals surface area (Å²) in [5.74, 6) is -0.443. The van der Waals surface area contributed by atoms with Gasteiger partial charge in [-0.3, -0.25) is 4.79 Å². The lowest BCUT2D eigenvalue weighted by atomic mass is 10.1. The quantitative estimate of drug-likeness (QED) is 0.627. The van der Waals surface area contributed by atoms with Crippen molar-refractivity contribution in [2.24, 2.45) is 5.92 Å². The SMILES string of the molecule is CCCNC(=O)CS(=O)(=O)CC1CNC1. The number of carbonyl (C=O) groups excluding carboxylic acids is 1. The van der Waals surface area contributed by atoms with E-state index in [1.165, 1.54) is 0 Å². The Morgan fingerprint density at radius 2 is 2.13 bits per heavy atom. The van der Waals surface area contributed by atoms with Crippen molar-refractivity contribution >= 4 is 15.7 Å². The highest BCUT2D eigenvalue weighted by atomic mass is 32.2. The zero-order valence-corrected chi connectivity index (χ0v) is 9.77. The maximum Gasteiger partial charge on any atom is 0.235 e. The van der Waals surface area contributed by atoms with E-state index in [9.17, 15) is 13.2 Å². The molecule has 5 nitrogen and oxygen atoms in total. The third kappa shape index (κ3) is 4.61. The van der Waals surface area contributed by atoms with E-state index in [2.05, 4.69) is 10.6 Å². The fraction of sp³-hybridized carbons (Fsp3) is 0.889. The van der Waals surface area contributed by atoms with Gasteiger partial charge in [-0.15, -0.1) is 0 Å². The van der Waals surface area contributed by atoms with Crippen LogP contribution in [0.5, 0.6) is 0 Å². The summed E-state index contributed by atoms with van der Waals surface area (Å²) in [6, 6.07) is 0. The van der Waals surface area contributed by atoms with E-state index in [0.717, 1.165) is 19.5 Å². The number of rotatable bonds is 6. The highest BCUT2D eigenvalue weighted by Crippen LogP contribution is 2.07. The fourth-order valence-corrected chi connectivity index (χ4v) is 2.97. The van der Waals surface area contributed by atoms with Crippen molar-refractivity contribution in [3.05, 3.63) is 0 Å². The first-order chi connectivity index (χ1) is 7.03. The van der Waals surface area contributed by atoms with Crippen LogP contribution in [0.4, 0.5) is 0 Å². The summed E-state index contributed by atoms with van der Waals surface area (Å²) in [6.45, 7) is 3.96. The summed E-state index contributed by atoms with van der Waals surface area (Å²) in [4.78, 5) is 11.2. The standard InChI is InChI=1S/C9H18N2O3S/c1-2-3-11-9(12)7-15(13,14)6-8-4-10-5-8/h8,10H,2-7H2,1H3,(H,11,12). The van der Waals surface area contributed by atoms with Gasteiger partial charge in [0.2, 0.25) is 5.91 Å². The second-order valence-electron chi connectivity index (χ2n) is 3.93. The molecule has 6 heteroatoms. The molecule has 1 aliphatic rings. The van der Waals surface area contributed by atoms with Crippen LogP contribution in [-0.4, -0.2) is 45.5 Å². The maximum absolute atomic E-state index is 11.5. The molecule has 1 rings (SSSR count). The van der Waals surface area contributed by atoms with E-state index >= 15 is 0 Å². The Hall–Kier alpha value is -0.620. The molecule has 0 saturated carbocycles. The van der Waals surface area contributed by atoms with Crippen molar-refractivity contribution in [1.82, 2.24) is 10.6 Å². The molecule has 0 aliphatic carbocycles. The number of carbonyl (C=O) groups is 1. The van der Waals surface area contributed by atoms with E-state index in [4.69, 9.17) is 0 Å². The molecule has 0 unspecified atom stereocenters. The molecule has 1 amide bonds. The maximum atomic E-state index is 11.5. The fourth-order valence-electron chi connectivity index (χ4n) is 1.40. The minimum absolute atomic E-state index is 0.125. The van der Waals surface area contributed by atoms with Crippen LogP contribution >= 0.6 is 0 Å². The van der Waals surface area contributed by atoms with Crippen molar-refractivity contribution < 1.29 is 13.2 Å². The van der Waals surface area contributed by atoms with Crippen LogP contribution < -0.4 is 10.6 Å². The number of sulfone groups is 1. The normalized spacial score (nSPS) is 17.1. The molecule has 0 atom stereocenters. The molecule has 15 heavy (non-hydrogen) atoms. The minimum Gasteiger partial charge on any atom is -0.355 e. The smallest absolute Gasteiger partial charge is 0.235 e. The van der Waals surface area contributed by atoms with Crippen LogP contribution in [0.3, 0.4) is 0 Å².